The Morgan fingerprint density at radius 2 is 2.00 bits per heavy atom. The van der Waals surface area contributed by atoms with Crippen molar-refractivity contribution in [1.29, 1.82) is 0 Å². The molecule has 18 heavy (non-hydrogen) atoms. The first-order chi connectivity index (χ1) is 8.31. The lowest BCUT2D eigenvalue weighted by Crippen LogP contribution is -2.17. The summed E-state index contributed by atoms with van der Waals surface area (Å²) in [5, 5.41) is 8.50. The summed E-state index contributed by atoms with van der Waals surface area (Å²) >= 11 is 0. The average molecular weight is 264 g/mol. The van der Waals surface area contributed by atoms with Crippen molar-refractivity contribution >= 4 is 5.97 Å². The first-order valence-corrected chi connectivity index (χ1v) is 4.96. The van der Waals surface area contributed by atoms with Crippen molar-refractivity contribution in [2.75, 3.05) is 7.11 Å². The molecule has 1 aromatic rings. The van der Waals surface area contributed by atoms with Gasteiger partial charge in [-0.2, -0.15) is 0 Å². The summed E-state index contributed by atoms with van der Waals surface area (Å²) in [6.45, 7) is 0. The first-order valence-electron chi connectivity index (χ1n) is 4.96. The van der Waals surface area contributed by atoms with E-state index in [0.29, 0.717) is 5.56 Å². The highest BCUT2D eigenvalue weighted by atomic mass is 19.4. The summed E-state index contributed by atoms with van der Waals surface area (Å²) in [5.74, 6) is -1.52. The van der Waals surface area contributed by atoms with E-state index in [1.807, 2.05) is 0 Å². The number of hydrogen-bond donors (Lipinski definition) is 1. The number of carboxylic acid groups (broad SMARTS) is 1. The van der Waals surface area contributed by atoms with Crippen LogP contribution >= 0.6 is 0 Å². The highest BCUT2D eigenvalue weighted by molar-refractivity contribution is 5.67. The molecule has 100 valence electrons. The molecule has 0 atom stereocenters. The predicted molar refractivity (Wildman–Crippen MR) is 55.6 cm³/mol. The summed E-state index contributed by atoms with van der Waals surface area (Å²) in [4.78, 5) is 10.4. The number of aliphatic carboxylic acids is 1. The Morgan fingerprint density at radius 3 is 2.50 bits per heavy atom. The fraction of sp³-hybridized carbons (Fsp3) is 0.364. The highest BCUT2D eigenvalue weighted by Crippen LogP contribution is 2.33. The van der Waals surface area contributed by atoms with Gasteiger partial charge in [-0.05, 0) is 24.1 Å². The second-order valence-corrected chi connectivity index (χ2v) is 3.43. The van der Waals surface area contributed by atoms with Gasteiger partial charge in [-0.15, -0.1) is 13.2 Å². The molecule has 1 aromatic carbocycles. The van der Waals surface area contributed by atoms with Gasteiger partial charge in [0.05, 0.1) is 7.11 Å². The molecule has 0 saturated heterocycles. The molecule has 0 aliphatic rings. The van der Waals surface area contributed by atoms with Crippen molar-refractivity contribution < 1.29 is 32.5 Å². The van der Waals surface area contributed by atoms with E-state index >= 15 is 0 Å². The molecule has 0 unspecified atom stereocenters. The molecule has 0 amide bonds. The molecule has 0 aliphatic heterocycles. The average Bonchev–Trinajstić information content (AvgIpc) is 2.25. The Balaban J connectivity index is 2.86. The zero-order valence-electron chi connectivity index (χ0n) is 9.45. The number of aryl methyl sites for hydroxylation is 1. The number of ether oxygens (including phenoxy) is 2. The van der Waals surface area contributed by atoms with E-state index in [-0.39, 0.29) is 18.6 Å². The van der Waals surface area contributed by atoms with Crippen LogP contribution in [0.4, 0.5) is 13.2 Å². The van der Waals surface area contributed by atoms with Gasteiger partial charge in [-0.3, -0.25) is 4.79 Å². The van der Waals surface area contributed by atoms with Crippen LogP contribution in [-0.2, 0) is 11.2 Å². The minimum atomic E-state index is -4.80. The molecule has 0 aliphatic carbocycles. The maximum atomic E-state index is 12.1. The molecular formula is C11H11F3O4. The molecule has 0 aromatic heterocycles. The van der Waals surface area contributed by atoms with Gasteiger partial charge < -0.3 is 14.6 Å². The molecular weight excluding hydrogens is 253 g/mol. The van der Waals surface area contributed by atoms with E-state index in [2.05, 4.69) is 4.74 Å². The van der Waals surface area contributed by atoms with Crippen molar-refractivity contribution in [2.24, 2.45) is 0 Å². The number of carbonyl (C=O) groups is 1. The van der Waals surface area contributed by atoms with Gasteiger partial charge in [-0.1, -0.05) is 6.07 Å². The van der Waals surface area contributed by atoms with Gasteiger partial charge in [0.15, 0.2) is 11.5 Å². The van der Waals surface area contributed by atoms with E-state index in [1.165, 1.54) is 19.2 Å². The van der Waals surface area contributed by atoms with Crippen molar-refractivity contribution in [2.45, 2.75) is 19.2 Å². The van der Waals surface area contributed by atoms with Gasteiger partial charge >= 0.3 is 12.3 Å². The predicted octanol–water partition coefficient (Wildman–Crippen LogP) is 2.61. The summed E-state index contributed by atoms with van der Waals surface area (Å²) in [6, 6.07) is 3.79. The van der Waals surface area contributed by atoms with Crippen LogP contribution in [-0.4, -0.2) is 24.5 Å². The molecule has 0 saturated carbocycles. The van der Waals surface area contributed by atoms with E-state index in [0.717, 1.165) is 6.07 Å². The molecule has 0 spiro atoms. The second kappa shape index (κ2) is 5.61. The normalized spacial score (nSPS) is 11.1. The van der Waals surface area contributed by atoms with Crippen molar-refractivity contribution in [3.63, 3.8) is 0 Å². The van der Waals surface area contributed by atoms with Crippen LogP contribution in [0.2, 0.25) is 0 Å². The third kappa shape index (κ3) is 4.52. The lowest BCUT2D eigenvalue weighted by Gasteiger charge is -2.13. The van der Waals surface area contributed by atoms with Crippen LogP contribution < -0.4 is 9.47 Å². The fourth-order valence-corrected chi connectivity index (χ4v) is 1.33. The van der Waals surface area contributed by atoms with Crippen molar-refractivity contribution in [3.05, 3.63) is 23.8 Å². The first kappa shape index (κ1) is 14.1. The van der Waals surface area contributed by atoms with Crippen molar-refractivity contribution in [1.82, 2.24) is 0 Å². The van der Waals surface area contributed by atoms with Gasteiger partial charge in [0.2, 0.25) is 0 Å². The van der Waals surface area contributed by atoms with Crippen LogP contribution in [0.5, 0.6) is 11.5 Å². The van der Waals surface area contributed by atoms with E-state index in [4.69, 9.17) is 9.84 Å². The van der Waals surface area contributed by atoms with E-state index in [1.54, 1.807) is 0 Å². The third-order valence-corrected chi connectivity index (χ3v) is 2.08. The topological polar surface area (TPSA) is 55.8 Å². The molecule has 0 heterocycles. The van der Waals surface area contributed by atoms with Crippen LogP contribution in [0, 0.1) is 0 Å². The molecule has 1 rings (SSSR count). The summed E-state index contributed by atoms with van der Waals surface area (Å²) in [5.41, 5.74) is 0.559. The Kier molecular flexibility index (Phi) is 4.41. The Labute approximate surface area is 101 Å². The smallest absolute Gasteiger partial charge is 0.493 e. The van der Waals surface area contributed by atoms with Crippen LogP contribution in [0.3, 0.4) is 0 Å². The zero-order valence-corrected chi connectivity index (χ0v) is 9.45. The van der Waals surface area contributed by atoms with Crippen LogP contribution in [0.1, 0.15) is 12.0 Å². The second-order valence-electron chi connectivity index (χ2n) is 3.43. The number of rotatable bonds is 5. The van der Waals surface area contributed by atoms with E-state index < -0.39 is 18.1 Å². The molecule has 1 N–H and O–H groups in total. The maximum Gasteiger partial charge on any atom is 0.573 e. The van der Waals surface area contributed by atoms with Gasteiger partial charge in [0.1, 0.15) is 0 Å². The molecule has 0 bridgehead atoms. The monoisotopic (exact) mass is 264 g/mol. The number of benzene rings is 1. The molecule has 7 heteroatoms. The minimum absolute atomic E-state index is 0.0878. The third-order valence-electron chi connectivity index (χ3n) is 2.08. The number of halogens is 3. The minimum Gasteiger partial charge on any atom is -0.493 e. The van der Waals surface area contributed by atoms with Crippen LogP contribution in [0.15, 0.2) is 18.2 Å². The number of hydrogen-bond acceptors (Lipinski definition) is 3. The quantitative estimate of drug-likeness (QED) is 0.888. The van der Waals surface area contributed by atoms with E-state index in [9.17, 15) is 18.0 Å². The summed E-state index contributed by atoms with van der Waals surface area (Å²) < 4.78 is 44.7. The highest BCUT2D eigenvalue weighted by Gasteiger charge is 2.32. The van der Waals surface area contributed by atoms with Crippen LogP contribution in [0.25, 0.3) is 0 Å². The molecule has 0 radical (unpaired) electrons. The van der Waals surface area contributed by atoms with Gasteiger partial charge in [0, 0.05) is 6.42 Å². The Bertz CT molecular complexity index is 429. The summed E-state index contributed by atoms with van der Waals surface area (Å²) in [6.07, 6.45) is -4.70. The standard InChI is InChI=1S/C11H11F3O4/c1-17-9-6-7(3-5-10(15)16)2-4-8(9)18-11(12,13)14/h2,4,6H,3,5H2,1H3,(H,15,16). The summed E-state index contributed by atoms with van der Waals surface area (Å²) in [7, 11) is 1.21. The largest absolute Gasteiger partial charge is 0.573 e. The SMILES string of the molecule is COc1cc(CCC(=O)O)ccc1OC(F)(F)F. The zero-order chi connectivity index (χ0) is 13.8. The number of carboxylic acids is 1. The Hall–Kier alpha value is -1.92. The fourth-order valence-electron chi connectivity index (χ4n) is 1.33. The number of alkyl halides is 3. The van der Waals surface area contributed by atoms with Crippen molar-refractivity contribution in [3.8, 4) is 11.5 Å². The lowest BCUT2D eigenvalue weighted by molar-refractivity contribution is -0.275. The molecule has 4 nitrogen and oxygen atoms in total. The Morgan fingerprint density at radius 1 is 1.33 bits per heavy atom. The number of methoxy groups -OCH3 is 1. The molecule has 0 fully saturated rings. The van der Waals surface area contributed by atoms with Gasteiger partial charge in [0.25, 0.3) is 0 Å². The maximum absolute atomic E-state index is 12.1. The van der Waals surface area contributed by atoms with Gasteiger partial charge in [-0.25, -0.2) is 0 Å². The lowest BCUT2D eigenvalue weighted by atomic mass is 10.1.